The van der Waals surface area contributed by atoms with E-state index in [1.54, 1.807) is 7.11 Å². The number of nitrogens with zero attached hydrogens (tertiary/aromatic N) is 2. The molecule has 0 radical (unpaired) electrons. The fourth-order valence-corrected chi connectivity index (χ4v) is 2.69. The fraction of sp³-hybridized carbons (Fsp3) is 0.727. The highest BCUT2D eigenvalue weighted by Crippen LogP contribution is 2.34. The Balaban J connectivity index is 2.30. The predicted molar refractivity (Wildman–Crippen MR) is 67.4 cm³/mol. The van der Waals surface area contributed by atoms with Gasteiger partial charge in [-0.25, -0.2) is 4.68 Å². The van der Waals surface area contributed by atoms with E-state index in [1.807, 2.05) is 11.6 Å². The molecule has 1 fully saturated rings. The summed E-state index contributed by atoms with van der Waals surface area (Å²) < 4.78 is 8.36. The fourth-order valence-electron chi connectivity index (χ4n) is 2.43. The minimum Gasteiger partial charge on any atom is -0.383 e. The third-order valence-corrected chi connectivity index (χ3v) is 4.31. The number of ether oxygens (including phenoxy) is 1. The van der Waals surface area contributed by atoms with Crippen LogP contribution in [0.1, 0.15) is 37.4 Å². The molecular formula is C11H18BrN3O. The minimum atomic E-state index is 0.238. The molecule has 2 rings (SSSR count). The van der Waals surface area contributed by atoms with Crippen molar-refractivity contribution in [1.82, 2.24) is 9.78 Å². The molecule has 5 heteroatoms. The summed E-state index contributed by atoms with van der Waals surface area (Å²) in [5.74, 6) is 0.714. The summed E-state index contributed by atoms with van der Waals surface area (Å²) in [5.41, 5.74) is 6.99. The number of methoxy groups -OCH3 is 1. The van der Waals surface area contributed by atoms with Crippen molar-refractivity contribution in [1.29, 1.82) is 0 Å². The van der Waals surface area contributed by atoms with Crippen molar-refractivity contribution < 1.29 is 4.74 Å². The quantitative estimate of drug-likeness (QED) is 0.910. The first-order chi connectivity index (χ1) is 7.65. The summed E-state index contributed by atoms with van der Waals surface area (Å²) in [7, 11) is 1.77. The van der Waals surface area contributed by atoms with E-state index in [2.05, 4.69) is 21.0 Å². The first-order valence-electron chi connectivity index (χ1n) is 5.68. The molecule has 1 aromatic rings. The average molecular weight is 288 g/mol. The van der Waals surface area contributed by atoms with E-state index in [1.165, 1.54) is 12.8 Å². The lowest BCUT2D eigenvalue weighted by molar-refractivity contribution is 0.0253. The summed E-state index contributed by atoms with van der Waals surface area (Å²) in [5, 5.41) is 4.50. The van der Waals surface area contributed by atoms with Gasteiger partial charge in [-0.1, -0.05) is 12.8 Å². The smallest absolute Gasteiger partial charge is 0.136 e. The first-order valence-corrected chi connectivity index (χ1v) is 6.47. The second kappa shape index (κ2) is 4.75. The van der Waals surface area contributed by atoms with Gasteiger partial charge in [0, 0.05) is 7.11 Å². The molecule has 0 saturated heterocycles. The van der Waals surface area contributed by atoms with Crippen molar-refractivity contribution in [3.63, 3.8) is 0 Å². The maximum atomic E-state index is 6.05. The Morgan fingerprint density at radius 3 is 2.69 bits per heavy atom. The molecule has 1 heterocycles. The van der Waals surface area contributed by atoms with Crippen LogP contribution in [0.25, 0.3) is 0 Å². The molecule has 0 aliphatic heterocycles. The lowest BCUT2D eigenvalue weighted by atomic mass is 9.92. The SMILES string of the molecule is COC1CCCCC1n1nc(C)c(Br)c1N. The number of hydrogen-bond acceptors (Lipinski definition) is 3. The topological polar surface area (TPSA) is 53.1 Å². The molecule has 90 valence electrons. The Labute approximate surface area is 104 Å². The number of aryl methyl sites for hydroxylation is 1. The van der Waals surface area contributed by atoms with Gasteiger partial charge in [-0.05, 0) is 35.7 Å². The molecule has 16 heavy (non-hydrogen) atoms. The van der Waals surface area contributed by atoms with Gasteiger partial charge in [-0.15, -0.1) is 0 Å². The van der Waals surface area contributed by atoms with E-state index in [0.29, 0.717) is 5.82 Å². The zero-order valence-electron chi connectivity index (χ0n) is 9.74. The number of halogens is 1. The van der Waals surface area contributed by atoms with Crippen molar-refractivity contribution in [2.45, 2.75) is 44.8 Å². The van der Waals surface area contributed by atoms with Gasteiger partial charge in [0.25, 0.3) is 0 Å². The molecule has 1 saturated carbocycles. The van der Waals surface area contributed by atoms with E-state index in [-0.39, 0.29) is 12.1 Å². The van der Waals surface area contributed by atoms with Crippen molar-refractivity contribution in [2.75, 3.05) is 12.8 Å². The molecule has 0 spiro atoms. The molecule has 4 nitrogen and oxygen atoms in total. The van der Waals surface area contributed by atoms with Crippen LogP contribution in [0.4, 0.5) is 5.82 Å². The maximum absolute atomic E-state index is 6.05. The summed E-state index contributed by atoms with van der Waals surface area (Å²) >= 11 is 3.46. The van der Waals surface area contributed by atoms with Gasteiger partial charge in [0.05, 0.1) is 22.3 Å². The van der Waals surface area contributed by atoms with Crippen molar-refractivity contribution in [2.24, 2.45) is 0 Å². The van der Waals surface area contributed by atoms with Crippen LogP contribution >= 0.6 is 15.9 Å². The standard InChI is InChI=1S/C11H18BrN3O/c1-7-10(12)11(13)15(14-7)8-5-3-4-6-9(8)16-2/h8-9H,3-6,13H2,1-2H3. The minimum absolute atomic E-state index is 0.238. The zero-order valence-corrected chi connectivity index (χ0v) is 11.3. The zero-order chi connectivity index (χ0) is 11.7. The highest BCUT2D eigenvalue weighted by molar-refractivity contribution is 9.10. The van der Waals surface area contributed by atoms with Crippen LogP contribution in [0.2, 0.25) is 0 Å². The Bertz CT molecular complexity index is 378. The predicted octanol–water partition coefficient (Wildman–Crippen LogP) is 2.67. The average Bonchev–Trinajstić information content (AvgIpc) is 2.57. The Morgan fingerprint density at radius 2 is 2.12 bits per heavy atom. The Morgan fingerprint density at radius 1 is 1.44 bits per heavy atom. The summed E-state index contributed by atoms with van der Waals surface area (Å²) in [4.78, 5) is 0. The van der Waals surface area contributed by atoms with Crippen LogP contribution in [-0.4, -0.2) is 23.0 Å². The van der Waals surface area contributed by atoms with Crippen molar-refractivity contribution in [3.05, 3.63) is 10.2 Å². The number of aromatic nitrogens is 2. The highest BCUT2D eigenvalue weighted by atomic mass is 79.9. The molecule has 2 atom stereocenters. The molecule has 0 bridgehead atoms. The van der Waals surface area contributed by atoms with E-state index in [0.717, 1.165) is 23.0 Å². The van der Waals surface area contributed by atoms with E-state index < -0.39 is 0 Å². The highest BCUT2D eigenvalue weighted by Gasteiger charge is 2.29. The van der Waals surface area contributed by atoms with Crippen LogP contribution in [0, 0.1) is 6.92 Å². The summed E-state index contributed by atoms with van der Waals surface area (Å²) in [6, 6.07) is 0.281. The van der Waals surface area contributed by atoms with Crippen LogP contribution < -0.4 is 5.73 Å². The van der Waals surface area contributed by atoms with Crippen molar-refractivity contribution in [3.8, 4) is 0 Å². The van der Waals surface area contributed by atoms with E-state index in [4.69, 9.17) is 10.5 Å². The van der Waals surface area contributed by atoms with Gasteiger partial charge in [0.1, 0.15) is 5.82 Å². The third kappa shape index (κ3) is 1.98. The molecule has 2 N–H and O–H groups in total. The molecule has 0 amide bonds. The molecule has 0 aromatic carbocycles. The third-order valence-electron chi connectivity index (χ3n) is 3.33. The number of anilines is 1. The van der Waals surface area contributed by atoms with Crippen LogP contribution in [0.3, 0.4) is 0 Å². The van der Waals surface area contributed by atoms with Gasteiger partial charge < -0.3 is 10.5 Å². The van der Waals surface area contributed by atoms with Gasteiger partial charge in [0.2, 0.25) is 0 Å². The number of hydrogen-bond donors (Lipinski definition) is 1. The van der Waals surface area contributed by atoms with Gasteiger partial charge in [-0.3, -0.25) is 0 Å². The van der Waals surface area contributed by atoms with Crippen LogP contribution in [0.15, 0.2) is 4.47 Å². The van der Waals surface area contributed by atoms with Crippen LogP contribution in [0.5, 0.6) is 0 Å². The lowest BCUT2D eigenvalue weighted by Crippen LogP contribution is -2.30. The lowest BCUT2D eigenvalue weighted by Gasteiger charge is -2.31. The number of nitrogen functional groups attached to an aromatic ring is 1. The molecule has 1 aromatic heterocycles. The summed E-state index contributed by atoms with van der Waals surface area (Å²) in [6.07, 6.45) is 4.88. The number of nitrogens with two attached hydrogens (primary N) is 1. The second-order valence-electron chi connectivity index (χ2n) is 4.36. The van der Waals surface area contributed by atoms with Crippen LogP contribution in [-0.2, 0) is 4.74 Å². The monoisotopic (exact) mass is 287 g/mol. The van der Waals surface area contributed by atoms with Gasteiger partial charge >= 0.3 is 0 Å². The maximum Gasteiger partial charge on any atom is 0.136 e. The van der Waals surface area contributed by atoms with E-state index in [9.17, 15) is 0 Å². The second-order valence-corrected chi connectivity index (χ2v) is 5.15. The van der Waals surface area contributed by atoms with E-state index >= 15 is 0 Å². The largest absolute Gasteiger partial charge is 0.383 e. The number of rotatable bonds is 2. The molecule has 1 aliphatic carbocycles. The van der Waals surface area contributed by atoms with Crippen molar-refractivity contribution >= 4 is 21.7 Å². The van der Waals surface area contributed by atoms with Gasteiger partial charge in [-0.2, -0.15) is 5.10 Å². The molecule has 1 aliphatic rings. The van der Waals surface area contributed by atoms with Gasteiger partial charge in [0.15, 0.2) is 0 Å². The Hall–Kier alpha value is -0.550. The molecule has 2 unspecified atom stereocenters. The normalized spacial score (nSPS) is 25.9. The molecular weight excluding hydrogens is 270 g/mol. The summed E-state index contributed by atoms with van der Waals surface area (Å²) in [6.45, 7) is 1.96. The Kier molecular flexibility index (Phi) is 3.54. The first kappa shape index (κ1) is 11.9.